The van der Waals surface area contributed by atoms with Gasteiger partial charge in [0.1, 0.15) is 5.37 Å². The Morgan fingerprint density at radius 2 is 1.30 bits per heavy atom. The SMILES string of the molecule is CC(C)C/C=N\[C@@H]1SC[C@@H](OC(=O)C(C)C)[C@H](OC(=O)C(C)C)[C@H]1OC(=O)C(C)C. The number of hydrogen-bond donors (Lipinski definition) is 0. The fourth-order valence-electron chi connectivity index (χ4n) is 2.46. The molecule has 4 atom stereocenters. The van der Waals surface area contributed by atoms with Gasteiger partial charge in [0.25, 0.3) is 0 Å². The van der Waals surface area contributed by atoms with E-state index in [0.717, 1.165) is 6.42 Å². The van der Waals surface area contributed by atoms with Gasteiger partial charge in [-0.05, 0) is 12.3 Å². The summed E-state index contributed by atoms with van der Waals surface area (Å²) in [7, 11) is 0. The molecule has 7 nitrogen and oxygen atoms in total. The lowest BCUT2D eigenvalue weighted by Crippen LogP contribution is -2.55. The van der Waals surface area contributed by atoms with Crippen LogP contribution in [-0.2, 0) is 28.6 Å². The van der Waals surface area contributed by atoms with Gasteiger partial charge in [0.05, 0.1) is 17.8 Å². The Labute approximate surface area is 184 Å². The first kappa shape index (κ1) is 26.5. The summed E-state index contributed by atoms with van der Waals surface area (Å²) in [5.74, 6) is -1.45. The molecule has 0 amide bonds. The van der Waals surface area contributed by atoms with Crippen molar-refractivity contribution in [1.82, 2.24) is 0 Å². The van der Waals surface area contributed by atoms with Crippen LogP contribution in [-0.4, -0.2) is 53.6 Å². The lowest BCUT2D eigenvalue weighted by molar-refractivity contribution is -0.188. The maximum Gasteiger partial charge on any atom is 0.308 e. The molecule has 0 aliphatic carbocycles. The third kappa shape index (κ3) is 8.28. The second kappa shape index (κ2) is 12.3. The number of rotatable bonds is 9. The van der Waals surface area contributed by atoms with Gasteiger partial charge in [0, 0.05) is 12.0 Å². The van der Waals surface area contributed by atoms with Crippen molar-refractivity contribution in [2.45, 2.75) is 85.5 Å². The molecule has 1 saturated heterocycles. The maximum atomic E-state index is 12.4. The van der Waals surface area contributed by atoms with E-state index in [2.05, 4.69) is 18.8 Å². The summed E-state index contributed by atoms with van der Waals surface area (Å²) in [6.45, 7) is 14.6. The van der Waals surface area contributed by atoms with E-state index < -0.39 is 35.6 Å². The Balaban J connectivity index is 3.22. The van der Waals surface area contributed by atoms with Crippen molar-refractivity contribution < 1.29 is 28.6 Å². The number of carbonyl (C=O) groups is 3. The Morgan fingerprint density at radius 3 is 1.77 bits per heavy atom. The molecule has 172 valence electrons. The van der Waals surface area contributed by atoms with Crippen LogP contribution in [0.5, 0.6) is 0 Å². The van der Waals surface area contributed by atoms with Crippen LogP contribution in [0.1, 0.15) is 61.8 Å². The fourth-order valence-corrected chi connectivity index (χ4v) is 3.67. The zero-order valence-corrected chi connectivity index (χ0v) is 20.2. The number of nitrogens with zero attached hydrogens (tertiary/aromatic N) is 1. The lowest BCUT2D eigenvalue weighted by Gasteiger charge is -2.39. The summed E-state index contributed by atoms with van der Waals surface area (Å²) in [6.07, 6.45) is 0.140. The van der Waals surface area contributed by atoms with E-state index in [1.807, 2.05) is 6.21 Å². The van der Waals surface area contributed by atoms with Crippen LogP contribution in [0.25, 0.3) is 0 Å². The molecule has 1 aliphatic heterocycles. The predicted molar refractivity (Wildman–Crippen MR) is 118 cm³/mol. The molecule has 0 spiro atoms. The highest BCUT2D eigenvalue weighted by molar-refractivity contribution is 8.00. The van der Waals surface area contributed by atoms with Crippen molar-refractivity contribution in [1.29, 1.82) is 0 Å². The van der Waals surface area contributed by atoms with E-state index in [1.54, 1.807) is 41.5 Å². The largest absolute Gasteiger partial charge is 0.457 e. The van der Waals surface area contributed by atoms with Crippen LogP contribution in [0.4, 0.5) is 0 Å². The summed E-state index contributed by atoms with van der Waals surface area (Å²) in [5.41, 5.74) is 0. The molecule has 0 aromatic heterocycles. The van der Waals surface area contributed by atoms with Crippen molar-refractivity contribution in [3.8, 4) is 0 Å². The highest BCUT2D eigenvalue weighted by atomic mass is 32.2. The van der Waals surface area contributed by atoms with Crippen LogP contribution in [0, 0.1) is 23.7 Å². The highest BCUT2D eigenvalue weighted by Gasteiger charge is 2.47. The van der Waals surface area contributed by atoms with E-state index in [1.165, 1.54) is 11.8 Å². The van der Waals surface area contributed by atoms with Crippen LogP contribution < -0.4 is 0 Å². The maximum absolute atomic E-state index is 12.4. The number of hydrogen-bond acceptors (Lipinski definition) is 8. The molecule has 0 saturated carbocycles. The standard InChI is InChI=1S/C22H37NO6S/c1-12(2)9-10-23-19-18(29-22(26)15(7)8)17(28-21(25)14(5)6)16(11-30-19)27-20(24)13(3)4/h10,12-19H,9,11H2,1-8H3/b23-10-/t16-,17+,18-,19-/m1/s1. The van der Waals surface area contributed by atoms with Crippen LogP contribution >= 0.6 is 11.8 Å². The van der Waals surface area contributed by atoms with Gasteiger partial charge >= 0.3 is 17.9 Å². The molecule has 8 heteroatoms. The molecule has 0 N–H and O–H groups in total. The Kier molecular flexibility index (Phi) is 10.9. The van der Waals surface area contributed by atoms with Gasteiger partial charge in [0.2, 0.25) is 0 Å². The van der Waals surface area contributed by atoms with Crippen molar-refractivity contribution in [2.24, 2.45) is 28.7 Å². The second-order valence-corrected chi connectivity index (χ2v) is 10.1. The Morgan fingerprint density at radius 1 is 0.833 bits per heavy atom. The Bertz CT molecular complexity index is 617. The molecule has 0 aromatic rings. The average Bonchev–Trinajstić information content (AvgIpc) is 2.64. The molecule has 1 heterocycles. The van der Waals surface area contributed by atoms with Crippen LogP contribution in [0.15, 0.2) is 4.99 Å². The zero-order chi connectivity index (χ0) is 23.0. The quantitative estimate of drug-likeness (QED) is 0.303. The second-order valence-electron chi connectivity index (χ2n) is 8.93. The third-order valence-electron chi connectivity index (χ3n) is 4.42. The number of esters is 3. The highest BCUT2D eigenvalue weighted by Crippen LogP contribution is 2.34. The number of ether oxygens (including phenoxy) is 3. The molecule has 0 bridgehead atoms. The summed E-state index contributed by atoms with van der Waals surface area (Å²) < 4.78 is 17.1. The molecular formula is C22H37NO6S. The molecule has 0 unspecified atom stereocenters. The Hall–Kier alpha value is -1.57. The smallest absolute Gasteiger partial charge is 0.308 e. The van der Waals surface area contributed by atoms with Gasteiger partial charge in [-0.1, -0.05) is 55.4 Å². The van der Waals surface area contributed by atoms with Gasteiger partial charge in [0.15, 0.2) is 18.3 Å². The average molecular weight is 444 g/mol. The van der Waals surface area contributed by atoms with Gasteiger partial charge in [-0.15, -0.1) is 11.8 Å². The molecular weight excluding hydrogens is 406 g/mol. The van der Waals surface area contributed by atoms with Crippen LogP contribution in [0.2, 0.25) is 0 Å². The van der Waals surface area contributed by atoms with Gasteiger partial charge in [-0.2, -0.15) is 0 Å². The van der Waals surface area contributed by atoms with Crippen LogP contribution in [0.3, 0.4) is 0 Å². The van der Waals surface area contributed by atoms with Gasteiger partial charge in [-0.3, -0.25) is 19.4 Å². The minimum Gasteiger partial charge on any atom is -0.457 e. The molecule has 0 radical (unpaired) electrons. The van der Waals surface area contributed by atoms with E-state index in [-0.39, 0.29) is 23.7 Å². The monoisotopic (exact) mass is 443 g/mol. The van der Waals surface area contributed by atoms with E-state index in [4.69, 9.17) is 14.2 Å². The van der Waals surface area contributed by atoms with Crippen molar-refractivity contribution in [2.75, 3.05) is 5.75 Å². The summed E-state index contributed by atoms with van der Waals surface area (Å²) >= 11 is 1.43. The van der Waals surface area contributed by atoms with Gasteiger partial charge in [-0.25, -0.2) is 0 Å². The zero-order valence-electron chi connectivity index (χ0n) is 19.4. The minimum atomic E-state index is -0.909. The van der Waals surface area contributed by atoms with Gasteiger partial charge < -0.3 is 14.2 Å². The topological polar surface area (TPSA) is 91.3 Å². The first-order valence-electron chi connectivity index (χ1n) is 10.7. The van der Waals surface area contributed by atoms with Crippen molar-refractivity contribution >= 4 is 35.9 Å². The van der Waals surface area contributed by atoms with Crippen molar-refractivity contribution in [3.63, 3.8) is 0 Å². The molecule has 1 aliphatic rings. The number of thioether (sulfide) groups is 1. The molecule has 1 fully saturated rings. The van der Waals surface area contributed by atoms with E-state index in [0.29, 0.717) is 11.7 Å². The van der Waals surface area contributed by atoms with E-state index >= 15 is 0 Å². The first-order valence-corrected chi connectivity index (χ1v) is 11.7. The van der Waals surface area contributed by atoms with Crippen molar-refractivity contribution in [3.05, 3.63) is 0 Å². The summed E-state index contributed by atoms with van der Waals surface area (Å²) in [5, 5.41) is -0.439. The summed E-state index contributed by atoms with van der Waals surface area (Å²) in [6, 6.07) is 0. The molecule has 30 heavy (non-hydrogen) atoms. The normalized spacial score (nSPS) is 24.7. The predicted octanol–water partition coefficient (Wildman–Crippen LogP) is 3.88. The molecule has 1 rings (SSSR count). The third-order valence-corrected chi connectivity index (χ3v) is 5.67. The number of aliphatic imine (C=N–C) groups is 1. The van der Waals surface area contributed by atoms with E-state index in [9.17, 15) is 14.4 Å². The fraction of sp³-hybridized carbons (Fsp3) is 0.818. The lowest BCUT2D eigenvalue weighted by atomic mass is 10.1. The minimum absolute atomic E-state index is 0.324. The first-order chi connectivity index (χ1) is 13.9. The summed E-state index contributed by atoms with van der Waals surface area (Å²) in [4.78, 5) is 41.6. The number of carbonyl (C=O) groups excluding carboxylic acids is 3. The molecule has 0 aromatic carbocycles.